The van der Waals surface area contributed by atoms with Crippen LogP contribution in [0.5, 0.6) is 0 Å². The third kappa shape index (κ3) is 0.964. The summed E-state index contributed by atoms with van der Waals surface area (Å²) >= 11 is 0. The number of carbonyl (C=O) groups is 2. The first-order chi connectivity index (χ1) is 5.09. The fourth-order valence-electron chi connectivity index (χ4n) is 1.25. The molecule has 3 nitrogen and oxygen atoms in total. The highest BCUT2D eigenvalue weighted by Crippen LogP contribution is 2.20. The van der Waals surface area contributed by atoms with Crippen molar-refractivity contribution in [3.63, 3.8) is 0 Å². The molecule has 1 aliphatic heterocycles. The maximum Gasteiger partial charge on any atom is 0.256 e. The lowest BCUT2D eigenvalue weighted by Gasteiger charge is -2.04. The molecule has 0 spiro atoms. The lowest BCUT2D eigenvalue weighted by atomic mass is 10.1. The zero-order valence-electron chi connectivity index (χ0n) is 6.97. The number of imide groups is 1. The molecule has 11 heavy (non-hydrogen) atoms. The van der Waals surface area contributed by atoms with Crippen molar-refractivity contribution >= 4 is 11.8 Å². The molecule has 0 aliphatic carbocycles. The van der Waals surface area contributed by atoms with Crippen LogP contribution in [-0.4, -0.2) is 23.8 Å². The molecule has 0 saturated carbocycles. The van der Waals surface area contributed by atoms with E-state index in [-0.39, 0.29) is 11.8 Å². The SMILES string of the molecule is CCC1=C(C)C(=O)N(C)C1=O. The molecule has 60 valence electrons. The first-order valence-corrected chi connectivity index (χ1v) is 3.61. The zero-order chi connectivity index (χ0) is 8.59. The van der Waals surface area contributed by atoms with Crippen molar-refractivity contribution in [3.8, 4) is 0 Å². The minimum absolute atomic E-state index is 0.144. The van der Waals surface area contributed by atoms with E-state index < -0.39 is 0 Å². The lowest BCUT2D eigenvalue weighted by molar-refractivity contribution is -0.135. The van der Waals surface area contributed by atoms with Crippen LogP contribution in [0.4, 0.5) is 0 Å². The molecule has 0 aromatic rings. The minimum atomic E-state index is -0.160. The number of carbonyl (C=O) groups excluding carboxylic acids is 2. The van der Waals surface area contributed by atoms with Gasteiger partial charge in [0, 0.05) is 18.2 Å². The molecule has 0 fully saturated rings. The van der Waals surface area contributed by atoms with E-state index in [0.29, 0.717) is 17.6 Å². The van der Waals surface area contributed by atoms with Crippen LogP contribution in [0.3, 0.4) is 0 Å². The van der Waals surface area contributed by atoms with Crippen molar-refractivity contribution in [3.05, 3.63) is 11.1 Å². The van der Waals surface area contributed by atoms with Crippen LogP contribution >= 0.6 is 0 Å². The van der Waals surface area contributed by atoms with Crippen LogP contribution in [-0.2, 0) is 9.59 Å². The quantitative estimate of drug-likeness (QED) is 0.520. The predicted octanol–water partition coefficient (Wildman–Crippen LogP) is 0.712. The topological polar surface area (TPSA) is 37.4 Å². The van der Waals surface area contributed by atoms with E-state index in [2.05, 4.69) is 0 Å². The zero-order valence-corrected chi connectivity index (χ0v) is 6.97. The summed E-state index contributed by atoms with van der Waals surface area (Å²) in [6.45, 7) is 3.58. The summed E-state index contributed by atoms with van der Waals surface area (Å²) in [7, 11) is 1.51. The average molecular weight is 153 g/mol. The Labute approximate surface area is 65.7 Å². The second kappa shape index (κ2) is 2.49. The predicted molar refractivity (Wildman–Crippen MR) is 40.8 cm³/mol. The summed E-state index contributed by atoms with van der Waals surface area (Å²) in [4.78, 5) is 23.5. The van der Waals surface area contributed by atoms with Gasteiger partial charge in [-0.2, -0.15) is 0 Å². The van der Waals surface area contributed by atoms with Crippen molar-refractivity contribution in [2.45, 2.75) is 20.3 Å². The highest BCUT2D eigenvalue weighted by molar-refractivity contribution is 6.18. The second-order valence-electron chi connectivity index (χ2n) is 2.63. The van der Waals surface area contributed by atoms with E-state index in [4.69, 9.17) is 0 Å². The van der Waals surface area contributed by atoms with Crippen LogP contribution in [0.25, 0.3) is 0 Å². The van der Waals surface area contributed by atoms with E-state index in [0.717, 1.165) is 4.90 Å². The summed E-state index contributed by atoms with van der Waals surface area (Å²) in [6.07, 6.45) is 0.640. The summed E-state index contributed by atoms with van der Waals surface area (Å²) < 4.78 is 0. The van der Waals surface area contributed by atoms with E-state index >= 15 is 0 Å². The van der Waals surface area contributed by atoms with E-state index in [1.54, 1.807) is 6.92 Å². The monoisotopic (exact) mass is 153 g/mol. The third-order valence-corrected chi connectivity index (χ3v) is 1.99. The maximum atomic E-state index is 11.2. The van der Waals surface area contributed by atoms with Crippen LogP contribution in [0.15, 0.2) is 11.1 Å². The smallest absolute Gasteiger partial charge is 0.256 e. The summed E-state index contributed by atoms with van der Waals surface area (Å²) in [6, 6.07) is 0. The molecule has 0 radical (unpaired) electrons. The molecule has 1 heterocycles. The van der Waals surface area contributed by atoms with Gasteiger partial charge in [-0.3, -0.25) is 14.5 Å². The van der Waals surface area contributed by atoms with E-state index in [1.807, 2.05) is 6.92 Å². The Bertz CT molecular complexity index is 253. The number of amides is 2. The molecule has 2 amide bonds. The molecule has 0 saturated heterocycles. The van der Waals surface area contributed by atoms with Gasteiger partial charge in [0.1, 0.15) is 0 Å². The standard InChI is InChI=1S/C8H11NO2/c1-4-6-5(2)7(10)9(3)8(6)11/h4H2,1-3H3. The first-order valence-electron chi connectivity index (χ1n) is 3.61. The largest absolute Gasteiger partial charge is 0.278 e. The Balaban J connectivity index is 3.08. The van der Waals surface area contributed by atoms with Crippen molar-refractivity contribution in [2.24, 2.45) is 0 Å². The Hall–Kier alpha value is -1.12. The molecule has 0 N–H and O–H groups in total. The van der Waals surface area contributed by atoms with Gasteiger partial charge in [-0.15, -0.1) is 0 Å². The van der Waals surface area contributed by atoms with Gasteiger partial charge in [-0.05, 0) is 13.3 Å². The molecule has 0 bridgehead atoms. The van der Waals surface area contributed by atoms with E-state index in [9.17, 15) is 9.59 Å². The van der Waals surface area contributed by atoms with Crippen molar-refractivity contribution in [1.82, 2.24) is 4.90 Å². The maximum absolute atomic E-state index is 11.2. The van der Waals surface area contributed by atoms with Gasteiger partial charge in [0.15, 0.2) is 0 Å². The normalized spacial score (nSPS) is 18.6. The van der Waals surface area contributed by atoms with Gasteiger partial charge < -0.3 is 0 Å². The number of nitrogens with zero attached hydrogens (tertiary/aromatic N) is 1. The van der Waals surface area contributed by atoms with Crippen LogP contribution in [0, 0.1) is 0 Å². The van der Waals surface area contributed by atoms with Gasteiger partial charge in [0.2, 0.25) is 0 Å². The third-order valence-electron chi connectivity index (χ3n) is 1.99. The van der Waals surface area contributed by atoms with Crippen LogP contribution in [0.1, 0.15) is 20.3 Å². The Kier molecular flexibility index (Phi) is 1.81. The Morgan fingerprint density at radius 2 is 1.82 bits per heavy atom. The fourth-order valence-corrected chi connectivity index (χ4v) is 1.25. The van der Waals surface area contributed by atoms with Gasteiger partial charge in [-0.25, -0.2) is 0 Å². The molecule has 1 rings (SSSR count). The highest BCUT2D eigenvalue weighted by atomic mass is 16.2. The molecule has 0 atom stereocenters. The van der Waals surface area contributed by atoms with Crippen molar-refractivity contribution in [2.75, 3.05) is 7.05 Å². The summed E-state index contributed by atoms with van der Waals surface area (Å²) in [5.74, 6) is -0.304. The van der Waals surface area contributed by atoms with Crippen molar-refractivity contribution in [1.29, 1.82) is 0 Å². The van der Waals surface area contributed by atoms with Crippen LogP contribution < -0.4 is 0 Å². The summed E-state index contributed by atoms with van der Waals surface area (Å²) in [5, 5.41) is 0. The first kappa shape index (κ1) is 7.98. The van der Waals surface area contributed by atoms with Crippen LogP contribution in [0.2, 0.25) is 0 Å². The van der Waals surface area contributed by atoms with E-state index in [1.165, 1.54) is 7.05 Å². The highest BCUT2D eigenvalue weighted by Gasteiger charge is 2.31. The van der Waals surface area contributed by atoms with Gasteiger partial charge >= 0.3 is 0 Å². The average Bonchev–Trinajstić information content (AvgIpc) is 2.17. The number of rotatable bonds is 1. The minimum Gasteiger partial charge on any atom is -0.278 e. The molecular weight excluding hydrogens is 142 g/mol. The van der Waals surface area contributed by atoms with Gasteiger partial charge in [-0.1, -0.05) is 6.92 Å². The molecule has 0 unspecified atom stereocenters. The summed E-state index contributed by atoms with van der Waals surface area (Å²) in [5.41, 5.74) is 1.25. The number of hydrogen-bond acceptors (Lipinski definition) is 2. The fraction of sp³-hybridized carbons (Fsp3) is 0.500. The Morgan fingerprint density at radius 1 is 1.27 bits per heavy atom. The number of hydrogen-bond donors (Lipinski definition) is 0. The van der Waals surface area contributed by atoms with Gasteiger partial charge in [0.05, 0.1) is 0 Å². The lowest BCUT2D eigenvalue weighted by Crippen LogP contribution is -2.26. The number of likely N-dealkylation sites (N-methyl/N-ethyl adjacent to an activating group) is 1. The molecule has 1 aliphatic rings. The van der Waals surface area contributed by atoms with Crippen molar-refractivity contribution < 1.29 is 9.59 Å². The molecular formula is C8H11NO2. The van der Waals surface area contributed by atoms with Gasteiger partial charge in [0.25, 0.3) is 11.8 Å². The molecule has 3 heteroatoms. The molecule has 0 aromatic carbocycles. The second-order valence-corrected chi connectivity index (χ2v) is 2.63. The molecule has 0 aromatic heterocycles. The Morgan fingerprint density at radius 3 is 2.00 bits per heavy atom.